The molecule has 2 rings (SSSR count). The summed E-state index contributed by atoms with van der Waals surface area (Å²) in [4.78, 5) is 0. The fraction of sp³-hybridized carbons (Fsp3) is 0.571. The molecule has 0 bridgehead atoms. The second-order valence-corrected chi connectivity index (χ2v) is 7.90. The monoisotopic (exact) mass is 317 g/mol. The zero-order chi connectivity index (χ0) is 15.9. The molecule has 7 heteroatoms. The third-order valence-electron chi connectivity index (χ3n) is 4.49. The normalized spacial score (nSPS) is 27.3. The highest BCUT2D eigenvalue weighted by atomic mass is 32.2. The first-order chi connectivity index (χ1) is 9.69. The minimum absolute atomic E-state index is 0.0462. The van der Waals surface area contributed by atoms with Crippen molar-refractivity contribution in [2.75, 3.05) is 25.2 Å². The minimum Gasteiger partial charge on any atom is -0.496 e. The number of nitrogens with two attached hydrogens (primary N) is 1. The molecule has 1 heterocycles. The van der Waals surface area contributed by atoms with Crippen molar-refractivity contribution in [3.8, 4) is 5.75 Å². The third-order valence-corrected chi connectivity index (χ3v) is 6.31. The molecule has 118 valence electrons. The first-order valence-corrected chi connectivity index (χ1v) is 8.47. The summed E-state index contributed by atoms with van der Waals surface area (Å²) in [6.45, 7) is 1.35. The highest BCUT2D eigenvalue weighted by Gasteiger charge is 2.55. The number of hydrogen-bond acceptors (Lipinski definition) is 5. The van der Waals surface area contributed by atoms with E-state index >= 15 is 0 Å². The van der Waals surface area contributed by atoms with Crippen LogP contribution in [-0.2, 0) is 15.4 Å². The maximum atomic E-state index is 14.3. The van der Waals surface area contributed by atoms with Crippen molar-refractivity contribution in [2.24, 2.45) is 11.1 Å². The maximum absolute atomic E-state index is 14.3. The van der Waals surface area contributed by atoms with E-state index in [-0.39, 0.29) is 35.8 Å². The number of rotatable bonds is 4. The van der Waals surface area contributed by atoms with Crippen molar-refractivity contribution in [1.82, 2.24) is 0 Å². The standard InChI is InChI=1S/C14H20FNO4S/c1-13(17,12-10(15)4-3-5-11(12)20-2)14(8-16)6-7-21(18,19)9-14/h3-5,17H,6-9,16H2,1-2H3. The zero-order valence-corrected chi connectivity index (χ0v) is 12.9. The highest BCUT2D eigenvalue weighted by molar-refractivity contribution is 7.91. The van der Waals surface area contributed by atoms with Crippen molar-refractivity contribution < 1.29 is 22.7 Å². The van der Waals surface area contributed by atoms with Gasteiger partial charge in [-0.1, -0.05) is 6.07 Å². The Morgan fingerprint density at radius 1 is 1.52 bits per heavy atom. The molecule has 5 nitrogen and oxygen atoms in total. The average Bonchev–Trinajstić information content (AvgIpc) is 2.75. The summed E-state index contributed by atoms with van der Waals surface area (Å²) in [6.07, 6.45) is 0.191. The predicted molar refractivity (Wildman–Crippen MR) is 77.3 cm³/mol. The summed E-state index contributed by atoms with van der Waals surface area (Å²) in [7, 11) is -1.92. The van der Waals surface area contributed by atoms with E-state index in [1.54, 1.807) is 0 Å². The van der Waals surface area contributed by atoms with Crippen LogP contribution in [0.1, 0.15) is 18.9 Å². The van der Waals surface area contributed by atoms with Crippen LogP contribution in [-0.4, -0.2) is 38.7 Å². The highest BCUT2D eigenvalue weighted by Crippen LogP contribution is 2.49. The largest absolute Gasteiger partial charge is 0.496 e. The van der Waals surface area contributed by atoms with E-state index in [4.69, 9.17) is 10.5 Å². The van der Waals surface area contributed by atoms with Crippen molar-refractivity contribution in [1.29, 1.82) is 0 Å². The average molecular weight is 317 g/mol. The Kier molecular flexibility index (Phi) is 4.03. The molecule has 0 aliphatic carbocycles. The molecule has 1 saturated heterocycles. The summed E-state index contributed by atoms with van der Waals surface area (Å²) in [5.74, 6) is -0.786. The molecular weight excluding hydrogens is 297 g/mol. The fourth-order valence-electron chi connectivity index (χ4n) is 3.07. The number of halogens is 1. The Morgan fingerprint density at radius 3 is 2.67 bits per heavy atom. The van der Waals surface area contributed by atoms with Crippen LogP contribution in [0.25, 0.3) is 0 Å². The van der Waals surface area contributed by atoms with E-state index in [0.717, 1.165) is 0 Å². The number of methoxy groups -OCH3 is 1. The summed E-state index contributed by atoms with van der Waals surface area (Å²) < 4.78 is 43.0. The van der Waals surface area contributed by atoms with Gasteiger partial charge >= 0.3 is 0 Å². The molecule has 2 unspecified atom stereocenters. The molecule has 3 N–H and O–H groups in total. The van der Waals surface area contributed by atoms with Crippen molar-refractivity contribution in [3.63, 3.8) is 0 Å². The topological polar surface area (TPSA) is 89.6 Å². The lowest BCUT2D eigenvalue weighted by Gasteiger charge is -2.42. The van der Waals surface area contributed by atoms with Crippen molar-refractivity contribution in [2.45, 2.75) is 18.9 Å². The third kappa shape index (κ3) is 2.54. The van der Waals surface area contributed by atoms with Crippen LogP contribution in [0.3, 0.4) is 0 Å². The van der Waals surface area contributed by atoms with Gasteiger partial charge in [0.25, 0.3) is 0 Å². The quantitative estimate of drug-likeness (QED) is 0.857. The number of aliphatic hydroxyl groups is 1. The lowest BCUT2D eigenvalue weighted by Crippen LogP contribution is -2.50. The van der Waals surface area contributed by atoms with Gasteiger partial charge in [-0.05, 0) is 25.5 Å². The molecule has 0 aromatic heterocycles. The Bertz CT molecular complexity index is 644. The number of benzene rings is 1. The molecule has 1 aliphatic heterocycles. The second-order valence-electron chi connectivity index (χ2n) is 5.72. The van der Waals surface area contributed by atoms with Crippen LogP contribution in [0.4, 0.5) is 4.39 Å². The van der Waals surface area contributed by atoms with Crippen LogP contribution >= 0.6 is 0 Å². The number of ether oxygens (including phenoxy) is 1. The Morgan fingerprint density at radius 2 is 2.19 bits per heavy atom. The van der Waals surface area contributed by atoms with Crippen LogP contribution in [0.2, 0.25) is 0 Å². The molecule has 1 fully saturated rings. The van der Waals surface area contributed by atoms with Crippen molar-refractivity contribution >= 4 is 9.84 Å². The molecule has 0 spiro atoms. The Hall–Kier alpha value is -1.18. The minimum atomic E-state index is -3.29. The number of sulfone groups is 1. The number of hydrogen-bond donors (Lipinski definition) is 2. The van der Waals surface area contributed by atoms with Gasteiger partial charge in [-0.25, -0.2) is 12.8 Å². The molecule has 1 aliphatic rings. The van der Waals surface area contributed by atoms with Gasteiger partial charge in [-0.3, -0.25) is 0 Å². The zero-order valence-electron chi connectivity index (χ0n) is 12.1. The van der Waals surface area contributed by atoms with Crippen LogP contribution in [0.5, 0.6) is 5.75 Å². The van der Waals surface area contributed by atoms with Gasteiger partial charge < -0.3 is 15.6 Å². The lowest BCUT2D eigenvalue weighted by atomic mass is 9.68. The van der Waals surface area contributed by atoms with Crippen LogP contribution in [0, 0.1) is 11.2 Å². The fourth-order valence-corrected chi connectivity index (χ4v) is 5.30. The molecule has 21 heavy (non-hydrogen) atoms. The lowest BCUT2D eigenvalue weighted by molar-refractivity contribution is -0.0623. The molecule has 2 atom stereocenters. The van der Waals surface area contributed by atoms with E-state index < -0.39 is 26.7 Å². The van der Waals surface area contributed by atoms with E-state index in [9.17, 15) is 17.9 Å². The second kappa shape index (κ2) is 5.23. The van der Waals surface area contributed by atoms with Gasteiger partial charge in [-0.15, -0.1) is 0 Å². The van der Waals surface area contributed by atoms with E-state index in [0.29, 0.717) is 0 Å². The molecule has 0 amide bonds. The van der Waals surface area contributed by atoms with Gasteiger partial charge in [0.1, 0.15) is 17.2 Å². The van der Waals surface area contributed by atoms with Gasteiger partial charge in [0.15, 0.2) is 9.84 Å². The van der Waals surface area contributed by atoms with E-state index in [1.165, 1.54) is 32.2 Å². The first-order valence-electron chi connectivity index (χ1n) is 6.65. The SMILES string of the molecule is COc1cccc(F)c1C(C)(O)C1(CN)CCS(=O)(=O)C1. The van der Waals surface area contributed by atoms with Gasteiger partial charge in [0, 0.05) is 12.0 Å². The summed E-state index contributed by atoms with van der Waals surface area (Å²) >= 11 is 0. The molecular formula is C14H20FNO4S. The Labute approximate surface area is 123 Å². The van der Waals surface area contributed by atoms with Crippen molar-refractivity contribution in [3.05, 3.63) is 29.6 Å². The smallest absolute Gasteiger partial charge is 0.151 e. The van der Waals surface area contributed by atoms with Crippen LogP contribution in [0.15, 0.2) is 18.2 Å². The summed E-state index contributed by atoms with van der Waals surface area (Å²) in [5, 5.41) is 11.0. The van der Waals surface area contributed by atoms with Gasteiger partial charge in [0.05, 0.1) is 24.2 Å². The van der Waals surface area contributed by atoms with E-state index in [1.807, 2.05) is 0 Å². The van der Waals surface area contributed by atoms with E-state index in [2.05, 4.69) is 0 Å². The summed E-state index contributed by atoms with van der Waals surface area (Å²) in [5.41, 5.74) is 2.85. The molecule has 1 aromatic rings. The first kappa shape index (κ1) is 16.2. The Balaban J connectivity index is 2.61. The van der Waals surface area contributed by atoms with Gasteiger partial charge in [-0.2, -0.15) is 0 Å². The van der Waals surface area contributed by atoms with Crippen LogP contribution < -0.4 is 10.5 Å². The van der Waals surface area contributed by atoms with Gasteiger partial charge in [0.2, 0.25) is 0 Å². The predicted octanol–water partition coefficient (Wildman–Crippen LogP) is 0.805. The maximum Gasteiger partial charge on any atom is 0.151 e. The molecule has 1 aromatic carbocycles. The summed E-state index contributed by atoms with van der Waals surface area (Å²) in [6, 6.07) is 4.20. The molecule has 0 saturated carbocycles. The molecule has 0 radical (unpaired) electrons.